The molecule has 0 aliphatic carbocycles. The molecule has 0 spiro atoms. The van der Waals surface area contributed by atoms with Gasteiger partial charge >= 0.3 is 6.03 Å². The zero-order valence-electron chi connectivity index (χ0n) is 14.5. The third kappa shape index (κ3) is 3.13. The van der Waals surface area contributed by atoms with Gasteiger partial charge in [-0.2, -0.15) is 0 Å². The number of anilines is 1. The van der Waals surface area contributed by atoms with E-state index >= 15 is 0 Å². The Morgan fingerprint density at radius 2 is 1.81 bits per heavy atom. The van der Waals surface area contributed by atoms with Crippen LogP contribution in [0.4, 0.5) is 10.5 Å². The lowest BCUT2D eigenvalue weighted by Gasteiger charge is -2.14. The number of carbonyl (C=O) groups excluding carboxylic acids is 2. The predicted octanol–water partition coefficient (Wildman–Crippen LogP) is 1.87. The van der Waals surface area contributed by atoms with Gasteiger partial charge in [0.2, 0.25) is 0 Å². The first-order chi connectivity index (χ1) is 13.2. The van der Waals surface area contributed by atoms with Crippen LogP contribution in [-0.2, 0) is 9.53 Å². The molecule has 2 aliphatic heterocycles. The van der Waals surface area contributed by atoms with E-state index in [4.69, 9.17) is 9.84 Å². The highest BCUT2D eigenvalue weighted by atomic mass is 16.5. The second-order valence-electron chi connectivity index (χ2n) is 6.26. The minimum atomic E-state index is -0.399. The Balaban J connectivity index is 1.65. The van der Waals surface area contributed by atoms with Crippen LogP contribution < -0.4 is 16.0 Å². The summed E-state index contributed by atoms with van der Waals surface area (Å²) in [5, 5.41) is 16.9. The zero-order chi connectivity index (χ0) is 18.8. The van der Waals surface area contributed by atoms with Crippen LogP contribution in [0, 0.1) is 0 Å². The quantitative estimate of drug-likeness (QED) is 0.622. The van der Waals surface area contributed by atoms with Crippen LogP contribution in [0.5, 0.6) is 0 Å². The summed E-state index contributed by atoms with van der Waals surface area (Å²) < 4.78 is 6.12. The Hall–Kier alpha value is -3.32. The monoisotopic (exact) mass is 365 g/mol. The fourth-order valence-corrected chi connectivity index (χ4v) is 3.36. The van der Waals surface area contributed by atoms with Crippen LogP contribution in [0.2, 0.25) is 0 Å². The fraction of sp³-hybridized carbons (Fsp3) is 0.200. The van der Waals surface area contributed by atoms with Gasteiger partial charge in [0.05, 0.1) is 18.7 Å². The third-order valence-electron chi connectivity index (χ3n) is 4.56. The molecule has 0 bridgehead atoms. The Morgan fingerprint density at radius 1 is 1.07 bits per heavy atom. The van der Waals surface area contributed by atoms with Crippen molar-refractivity contribution in [3.05, 3.63) is 65.2 Å². The minimum absolute atomic E-state index is 0.124. The lowest BCUT2D eigenvalue weighted by molar-refractivity contribution is -0.110. The van der Waals surface area contributed by atoms with Crippen LogP contribution in [-0.4, -0.2) is 36.7 Å². The molecule has 1 atom stereocenters. The highest BCUT2D eigenvalue weighted by Gasteiger charge is 2.36. The van der Waals surface area contributed by atoms with E-state index < -0.39 is 6.10 Å². The molecule has 4 rings (SSSR count). The minimum Gasteiger partial charge on any atom is -0.482 e. The van der Waals surface area contributed by atoms with Crippen molar-refractivity contribution in [2.24, 2.45) is 0 Å². The van der Waals surface area contributed by atoms with E-state index in [1.165, 1.54) is 0 Å². The average molecular weight is 365 g/mol. The molecule has 0 aromatic heterocycles. The van der Waals surface area contributed by atoms with E-state index in [9.17, 15) is 9.59 Å². The van der Waals surface area contributed by atoms with Gasteiger partial charge in [-0.3, -0.25) is 4.79 Å². The Bertz CT molecular complexity index is 938. The molecule has 4 N–H and O–H groups in total. The summed E-state index contributed by atoms with van der Waals surface area (Å²) in [4.78, 5) is 24.3. The molecule has 0 saturated carbocycles. The number of hydrogen-bond acceptors (Lipinski definition) is 4. The molecular weight excluding hydrogens is 346 g/mol. The number of para-hydroxylation sites is 1. The molecule has 2 aliphatic rings. The summed E-state index contributed by atoms with van der Waals surface area (Å²) in [5.74, 6) is 0.325. The largest absolute Gasteiger partial charge is 0.482 e. The molecule has 0 radical (unpaired) electrons. The van der Waals surface area contributed by atoms with Crippen molar-refractivity contribution in [1.82, 2.24) is 10.6 Å². The lowest BCUT2D eigenvalue weighted by Crippen LogP contribution is -2.39. The number of nitrogens with one attached hydrogen (secondary N) is 3. The number of fused-ring (bicyclic) bond motifs is 2. The Morgan fingerprint density at radius 3 is 2.63 bits per heavy atom. The van der Waals surface area contributed by atoms with Crippen molar-refractivity contribution < 1.29 is 19.4 Å². The van der Waals surface area contributed by atoms with E-state index in [0.717, 1.165) is 22.4 Å². The standard InChI is InChI=1S/C20H19N3O4/c24-10-9-21-20(26)22-11-16-12-5-1-2-6-13(12)18(27-16)17-14-7-3-4-8-15(14)23-19(17)25/h1-8,16,24H,9-11H2,(H,23,25)(H2,21,22,26)/b18-17-. The number of urea groups is 1. The number of ether oxygens (including phenoxy) is 1. The number of aliphatic hydroxyl groups excluding tert-OH is 1. The molecule has 27 heavy (non-hydrogen) atoms. The molecule has 2 aromatic carbocycles. The maximum atomic E-state index is 12.6. The second-order valence-corrected chi connectivity index (χ2v) is 6.26. The van der Waals surface area contributed by atoms with Gasteiger partial charge in [0.25, 0.3) is 5.91 Å². The van der Waals surface area contributed by atoms with Crippen LogP contribution in [0.1, 0.15) is 22.8 Å². The van der Waals surface area contributed by atoms with E-state index in [-0.39, 0.29) is 31.6 Å². The lowest BCUT2D eigenvalue weighted by atomic mass is 9.99. The van der Waals surface area contributed by atoms with Crippen molar-refractivity contribution in [3.63, 3.8) is 0 Å². The molecule has 0 fully saturated rings. The molecule has 0 saturated heterocycles. The van der Waals surface area contributed by atoms with Crippen LogP contribution in [0.15, 0.2) is 48.5 Å². The van der Waals surface area contributed by atoms with Crippen molar-refractivity contribution in [3.8, 4) is 0 Å². The Kier molecular flexibility index (Phi) is 4.52. The maximum Gasteiger partial charge on any atom is 0.315 e. The van der Waals surface area contributed by atoms with Crippen LogP contribution >= 0.6 is 0 Å². The molecule has 7 heteroatoms. The van der Waals surface area contributed by atoms with Gasteiger partial charge in [-0.25, -0.2) is 4.79 Å². The average Bonchev–Trinajstić information content (AvgIpc) is 3.21. The van der Waals surface area contributed by atoms with Gasteiger partial charge in [-0.05, 0) is 6.07 Å². The number of aliphatic hydroxyl groups is 1. The molecule has 138 valence electrons. The number of amides is 3. The predicted molar refractivity (Wildman–Crippen MR) is 101 cm³/mol. The van der Waals surface area contributed by atoms with Gasteiger partial charge in [0.1, 0.15) is 11.9 Å². The molecule has 7 nitrogen and oxygen atoms in total. The molecule has 1 unspecified atom stereocenters. The Labute approximate surface area is 156 Å². The smallest absolute Gasteiger partial charge is 0.315 e. The summed E-state index contributed by atoms with van der Waals surface area (Å²) in [6.07, 6.45) is -0.399. The first-order valence-corrected chi connectivity index (χ1v) is 8.72. The first-order valence-electron chi connectivity index (χ1n) is 8.72. The van der Waals surface area contributed by atoms with Crippen molar-refractivity contribution in [2.75, 3.05) is 25.0 Å². The maximum absolute atomic E-state index is 12.6. The number of rotatable bonds is 4. The van der Waals surface area contributed by atoms with Gasteiger partial charge in [0, 0.05) is 28.9 Å². The van der Waals surface area contributed by atoms with Gasteiger partial charge in [-0.1, -0.05) is 42.5 Å². The summed E-state index contributed by atoms with van der Waals surface area (Å²) in [5.41, 5.74) is 3.84. The summed E-state index contributed by atoms with van der Waals surface area (Å²) >= 11 is 0. The summed E-state index contributed by atoms with van der Waals surface area (Å²) in [6, 6.07) is 14.7. The topological polar surface area (TPSA) is 99.7 Å². The number of hydrogen-bond donors (Lipinski definition) is 4. The van der Waals surface area contributed by atoms with E-state index in [1.54, 1.807) is 0 Å². The zero-order valence-corrected chi connectivity index (χ0v) is 14.5. The molecular formula is C20H19N3O4. The second kappa shape index (κ2) is 7.13. The van der Waals surface area contributed by atoms with Crippen LogP contribution in [0.25, 0.3) is 11.3 Å². The van der Waals surface area contributed by atoms with Gasteiger partial charge in [-0.15, -0.1) is 0 Å². The van der Waals surface area contributed by atoms with Gasteiger partial charge < -0.3 is 25.8 Å². The third-order valence-corrected chi connectivity index (χ3v) is 4.56. The van der Waals surface area contributed by atoms with Crippen molar-refractivity contribution >= 4 is 29.0 Å². The SMILES string of the molecule is O=C(NCCO)NCC1O/C(=C2\C(=O)Nc3ccccc32)c2ccccc21. The first kappa shape index (κ1) is 17.1. The van der Waals surface area contributed by atoms with Gasteiger partial charge in [0.15, 0.2) is 0 Å². The summed E-state index contributed by atoms with van der Waals surface area (Å²) in [7, 11) is 0. The number of carbonyl (C=O) groups is 2. The number of benzene rings is 2. The van der Waals surface area contributed by atoms with E-state index in [0.29, 0.717) is 11.3 Å². The van der Waals surface area contributed by atoms with Crippen LogP contribution in [0.3, 0.4) is 0 Å². The highest BCUT2D eigenvalue weighted by Crippen LogP contribution is 2.45. The summed E-state index contributed by atoms with van der Waals surface area (Å²) in [6.45, 7) is 0.301. The van der Waals surface area contributed by atoms with E-state index in [2.05, 4.69) is 16.0 Å². The van der Waals surface area contributed by atoms with Crippen molar-refractivity contribution in [1.29, 1.82) is 0 Å². The highest BCUT2D eigenvalue weighted by molar-refractivity contribution is 6.36. The molecule has 2 aromatic rings. The molecule has 2 heterocycles. The normalized spacial score (nSPS) is 19.7. The fourth-order valence-electron chi connectivity index (χ4n) is 3.36. The van der Waals surface area contributed by atoms with E-state index in [1.807, 2.05) is 48.5 Å². The van der Waals surface area contributed by atoms with Crippen molar-refractivity contribution in [2.45, 2.75) is 6.10 Å². The molecule has 3 amide bonds.